The highest BCUT2D eigenvalue weighted by Crippen LogP contribution is 2.39. The Balaban J connectivity index is 2.22. The van der Waals surface area contributed by atoms with Crippen molar-refractivity contribution >= 4 is 34.8 Å². The predicted molar refractivity (Wildman–Crippen MR) is 113 cm³/mol. The van der Waals surface area contributed by atoms with Gasteiger partial charge in [0.25, 0.3) is 0 Å². The normalized spacial score (nSPS) is 11.4. The van der Waals surface area contributed by atoms with Crippen molar-refractivity contribution in [2.24, 2.45) is 15.9 Å². The van der Waals surface area contributed by atoms with E-state index in [-0.39, 0.29) is 34.5 Å². The number of nitro benzene ring substituents is 1. The summed E-state index contributed by atoms with van der Waals surface area (Å²) in [6, 6.07) is 12.5. The predicted octanol–water partition coefficient (Wildman–Crippen LogP) is 3.50. The minimum atomic E-state index is -0.628. The highest BCUT2D eigenvalue weighted by molar-refractivity contribution is 8.13. The van der Waals surface area contributed by atoms with Crippen LogP contribution in [-0.2, 0) is 10.5 Å². The molecule has 0 aliphatic carbocycles. The molecule has 0 unspecified atom stereocenters. The maximum Gasteiger partial charge on any atom is 0.323 e. The number of nitro groups is 1. The fourth-order valence-corrected chi connectivity index (χ4v) is 2.90. The third-order valence-electron chi connectivity index (χ3n) is 3.43. The van der Waals surface area contributed by atoms with Crippen molar-refractivity contribution in [3.63, 3.8) is 0 Å². The van der Waals surface area contributed by atoms with Crippen LogP contribution in [0.15, 0.2) is 52.7 Å². The van der Waals surface area contributed by atoms with Crippen molar-refractivity contribution in [3.8, 4) is 11.5 Å². The molecule has 0 atom stereocenters. The Morgan fingerprint density at radius 2 is 2.00 bits per heavy atom. The van der Waals surface area contributed by atoms with Gasteiger partial charge in [-0.15, -0.1) is 5.10 Å². The zero-order chi connectivity index (χ0) is 21.2. The molecule has 0 fully saturated rings. The van der Waals surface area contributed by atoms with Crippen molar-refractivity contribution in [3.05, 3.63) is 63.7 Å². The summed E-state index contributed by atoms with van der Waals surface area (Å²) >= 11 is 1.29. The van der Waals surface area contributed by atoms with E-state index in [4.69, 9.17) is 15.2 Å². The summed E-state index contributed by atoms with van der Waals surface area (Å²) in [4.78, 5) is 22.2. The number of ether oxygens (including phenoxy) is 2. The average Bonchev–Trinajstić information content (AvgIpc) is 2.68. The van der Waals surface area contributed by atoms with Crippen LogP contribution in [0.3, 0.4) is 0 Å². The number of hydrogen-bond donors (Lipinski definition) is 1. The number of carbonyl (C=O) groups is 1. The zero-order valence-corrected chi connectivity index (χ0v) is 16.7. The molecule has 0 aliphatic heterocycles. The second-order valence-electron chi connectivity index (χ2n) is 5.57. The smallest absolute Gasteiger partial charge is 0.323 e. The van der Waals surface area contributed by atoms with Crippen molar-refractivity contribution in [2.45, 2.75) is 19.6 Å². The van der Waals surface area contributed by atoms with Crippen LogP contribution in [0.25, 0.3) is 0 Å². The molecule has 2 aromatic rings. The minimum Gasteiger partial charge on any atom is -0.485 e. The van der Waals surface area contributed by atoms with Crippen molar-refractivity contribution in [2.75, 3.05) is 6.61 Å². The van der Waals surface area contributed by atoms with Crippen LogP contribution in [0.4, 0.5) is 5.69 Å². The Hall–Kier alpha value is -3.40. The lowest BCUT2D eigenvalue weighted by Gasteiger charge is -2.11. The number of hydrogen-bond acceptors (Lipinski definition) is 8. The molecule has 0 heterocycles. The summed E-state index contributed by atoms with van der Waals surface area (Å²) in [6.45, 7) is 3.01. The number of esters is 1. The summed E-state index contributed by atoms with van der Waals surface area (Å²) in [5, 5.41) is 19.5. The molecule has 0 saturated heterocycles. The van der Waals surface area contributed by atoms with E-state index in [1.807, 2.05) is 30.3 Å². The first-order valence-corrected chi connectivity index (χ1v) is 9.56. The van der Waals surface area contributed by atoms with Gasteiger partial charge in [0.1, 0.15) is 0 Å². The second-order valence-corrected chi connectivity index (χ2v) is 6.57. The van der Waals surface area contributed by atoms with Gasteiger partial charge in [-0.05, 0) is 24.6 Å². The van der Waals surface area contributed by atoms with Crippen LogP contribution in [0.2, 0.25) is 0 Å². The fraction of sp³-hybridized carbons (Fsp3) is 0.211. The molecule has 29 heavy (non-hydrogen) atoms. The first kappa shape index (κ1) is 21.9. The molecule has 152 valence electrons. The van der Waals surface area contributed by atoms with Gasteiger partial charge >= 0.3 is 11.7 Å². The van der Waals surface area contributed by atoms with E-state index < -0.39 is 10.9 Å². The summed E-state index contributed by atoms with van der Waals surface area (Å²) in [5.41, 5.74) is 6.67. The molecular weight excluding hydrogens is 396 g/mol. The molecule has 0 aromatic heterocycles. The third kappa shape index (κ3) is 6.61. The summed E-state index contributed by atoms with van der Waals surface area (Å²) < 4.78 is 10.3. The van der Waals surface area contributed by atoms with Crippen LogP contribution in [-0.4, -0.2) is 28.9 Å². The van der Waals surface area contributed by atoms with Crippen LogP contribution in [0.5, 0.6) is 11.5 Å². The molecular formula is C19H20N4O5S. The van der Waals surface area contributed by atoms with Gasteiger partial charge in [0.15, 0.2) is 10.9 Å². The maximum absolute atomic E-state index is 11.6. The van der Waals surface area contributed by atoms with Gasteiger partial charge in [-0.3, -0.25) is 14.9 Å². The Morgan fingerprint density at radius 1 is 1.28 bits per heavy atom. The average molecular weight is 416 g/mol. The number of nitrogens with two attached hydrogens (primary N) is 1. The highest BCUT2D eigenvalue weighted by Gasteiger charge is 2.25. The van der Waals surface area contributed by atoms with E-state index in [0.29, 0.717) is 5.75 Å². The van der Waals surface area contributed by atoms with Gasteiger partial charge in [0.05, 0.1) is 23.3 Å². The number of thioether (sulfide) groups is 1. The SMILES string of the molecule is CCOc1c(OC(C)=O)ccc(C=NN=C(N)SCc2ccccc2)c1[N+](=O)[O-]. The van der Waals surface area contributed by atoms with E-state index in [2.05, 4.69) is 10.2 Å². The van der Waals surface area contributed by atoms with E-state index >= 15 is 0 Å². The van der Waals surface area contributed by atoms with Gasteiger partial charge in [-0.25, -0.2) is 0 Å². The molecule has 0 amide bonds. The maximum atomic E-state index is 11.6. The molecule has 2 N–H and O–H groups in total. The van der Waals surface area contributed by atoms with Gasteiger partial charge < -0.3 is 15.2 Å². The second kappa shape index (κ2) is 10.8. The minimum absolute atomic E-state index is 0.0374. The highest BCUT2D eigenvalue weighted by atomic mass is 32.2. The lowest BCUT2D eigenvalue weighted by atomic mass is 10.1. The zero-order valence-electron chi connectivity index (χ0n) is 15.9. The van der Waals surface area contributed by atoms with Gasteiger partial charge in [-0.2, -0.15) is 5.10 Å². The first-order valence-electron chi connectivity index (χ1n) is 8.58. The Kier molecular flexibility index (Phi) is 8.16. The summed E-state index contributed by atoms with van der Waals surface area (Å²) in [6.07, 6.45) is 1.20. The number of benzene rings is 2. The fourth-order valence-electron chi connectivity index (χ4n) is 2.29. The van der Waals surface area contributed by atoms with E-state index in [9.17, 15) is 14.9 Å². The molecule has 0 spiro atoms. The van der Waals surface area contributed by atoms with Gasteiger partial charge in [0.2, 0.25) is 5.75 Å². The summed E-state index contributed by atoms with van der Waals surface area (Å²) in [7, 11) is 0. The van der Waals surface area contributed by atoms with E-state index in [0.717, 1.165) is 5.56 Å². The Morgan fingerprint density at radius 3 is 2.62 bits per heavy atom. The first-order chi connectivity index (χ1) is 13.9. The number of carbonyl (C=O) groups excluding carboxylic acids is 1. The van der Waals surface area contributed by atoms with Crippen LogP contribution in [0, 0.1) is 10.1 Å². The van der Waals surface area contributed by atoms with E-state index in [1.165, 1.54) is 37.0 Å². The largest absolute Gasteiger partial charge is 0.485 e. The molecule has 2 aromatic carbocycles. The molecule has 0 bridgehead atoms. The quantitative estimate of drug-likeness (QED) is 0.174. The lowest BCUT2D eigenvalue weighted by Crippen LogP contribution is -2.08. The van der Waals surface area contributed by atoms with Crippen molar-refractivity contribution < 1.29 is 19.2 Å². The molecule has 2 rings (SSSR count). The monoisotopic (exact) mass is 416 g/mol. The molecule has 0 radical (unpaired) electrons. The molecule has 0 aliphatic rings. The Labute approximate surface area is 171 Å². The third-order valence-corrected chi connectivity index (χ3v) is 4.29. The molecule has 0 saturated carbocycles. The van der Waals surface area contributed by atoms with Gasteiger partial charge in [0, 0.05) is 12.7 Å². The van der Waals surface area contributed by atoms with Crippen molar-refractivity contribution in [1.29, 1.82) is 0 Å². The van der Waals surface area contributed by atoms with Crippen LogP contribution in [0.1, 0.15) is 25.0 Å². The lowest BCUT2D eigenvalue weighted by molar-refractivity contribution is -0.386. The van der Waals surface area contributed by atoms with Crippen LogP contribution >= 0.6 is 11.8 Å². The number of nitrogens with zero attached hydrogens (tertiary/aromatic N) is 3. The summed E-state index contributed by atoms with van der Waals surface area (Å²) in [5.74, 6) is -0.177. The number of rotatable bonds is 8. The van der Waals surface area contributed by atoms with Crippen LogP contribution < -0.4 is 15.2 Å². The topological polar surface area (TPSA) is 129 Å². The number of amidine groups is 1. The molecule has 10 heteroatoms. The standard InChI is InChI=1S/C19H20N4O5S/c1-3-27-18-16(28-13(2)24)10-9-15(17(18)23(25)26)11-21-22-19(20)29-12-14-7-5-4-6-8-14/h4-11H,3,12H2,1-2H3,(H2,20,22). The van der Waals surface area contributed by atoms with E-state index in [1.54, 1.807) is 6.92 Å². The van der Waals surface area contributed by atoms with Gasteiger partial charge in [-0.1, -0.05) is 42.1 Å². The Bertz CT molecular complexity index is 932. The molecule has 9 nitrogen and oxygen atoms in total. The van der Waals surface area contributed by atoms with Crippen molar-refractivity contribution in [1.82, 2.24) is 0 Å².